The molecule has 0 spiro atoms. The van der Waals surface area contributed by atoms with E-state index in [0.717, 1.165) is 11.3 Å². The fourth-order valence-corrected chi connectivity index (χ4v) is 1.49. The molecule has 1 aromatic carbocycles. The summed E-state index contributed by atoms with van der Waals surface area (Å²) in [6.07, 6.45) is 2.77. The fraction of sp³-hybridized carbons (Fsp3) is 0.273. The molecule has 4 heteroatoms. The Morgan fingerprint density at radius 2 is 1.67 bits per heavy atom. The number of rotatable bonds is 3. The Balaban J connectivity index is 2.86. The molecular weight excluding hydrogens is 210 g/mol. The Labute approximate surface area is 91.0 Å². The minimum Gasteiger partial charge on any atom is -0.378 e. The van der Waals surface area contributed by atoms with E-state index >= 15 is 0 Å². The van der Waals surface area contributed by atoms with E-state index in [0.29, 0.717) is 0 Å². The summed E-state index contributed by atoms with van der Waals surface area (Å²) in [4.78, 5) is 1.99. The molecule has 1 rings (SSSR count). The van der Waals surface area contributed by atoms with Crippen molar-refractivity contribution in [1.29, 1.82) is 0 Å². The van der Waals surface area contributed by atoms with Crippen molar-refractivity contribution in [2.75, 3.05) is 25.3 Å². The van der Waals surface area contributed by atoms with E-state index < -0.39 is 9.84 Å². The smallest absolute Gasteiger partial charge is 0.168 e. The van der Waals surface area contributed by atoms with Gasteiger partial charge in [-0.15, -0.1) is 0 Å². The van der Waals surface area contributed by atoms with Gasteiger partial charge < -0.3 is 4.90 Å². The fourth-order valence-electron chi connectivity index (χ4n) is 1.09. The Morgan fingerprint density at radius 1 is 1.13 bits per heavy atom. The third kappa shape index (κ3) is 4.16. The Bertz CT molecular complexity index is 444. The van der Waals surface area contributed by atoms with Crippen molar-refractivity contribution in [1.82, 2.24) is 0 Å². The van der Waals surface area contributed by atoms with Crippen molar-refractivity contribution >= 4 is 21.6 Å². The van der Waals surface area contributed by atoms with Crippen LogP contribution in [-0.2, 0) is 9.84 Å². The average molecular weight is 225 g/mol. The van der Waals surface area contributed by atoms with Crippen LogP contribution in [0.2, 0.25) is 0 Å². The van der Waals surface area contributed by atoms with Gasteiger partial charge in [-0.3, -0.25) is 0 Å². The van der Waals surface area contributed by atoms with Crippen molar-refractivity contribution in [3.63, 3.8) is 0 Å². The number of anilines is 1. The van der Waals surface area contributed by atoms with Crippen LogP contribution in [0.25, 0.3) is 6.08 Å². The quantitative estimate of drug-likeness (QED) is 0.786. The van der Waals surface area contributed by atoms with Gasteiger partial charge in [-0.25, -0.2) is 8.42 Å². The number of sulfone groups is 1. The summed E-state index contributed by atoms with van der Waals surface area (Å²) in [6.45, 7) is 0. The van der Waals surface area contributed by atoms with Crippen LogP contribution < -0.4 is 4.90 Å². The number of hydrogen-bond donors (Lipinski definition) is 0. The van der Waals surface area contributed by atoms with Crippen LogP contribution in [0.4, 0.5) is 5.69 Å². The average Bonchev–Trinajstić information content (AvgIpc) is 2.14. The monoisotopic (exact) mass is 225 g/mol. The number of nitrogens with zero attached hydrogens (tertiary/aromatic N) is 1. The molecular formula is C11H15NO2S. The summed E-state index contributed by atoms with van der Waals surface area (Å²) < 4.78 is 21.8. The third-order valence-electron chi connectivity index (χ3n) is 1.92. The van der Waals surface area contributed by atoms with E-state index in [4.69, 9.17) is 0 Å². The first kappa shape index (κ1) is 11.8. The molecule has 15 heavy (non-hydrogen) atoms. The second-order valence-corrected chi connectivity index (χ2v) is 5.55. The standard InChI is InChI=1S/C11H15NO2S/c1-12(2)11-6-4-10(5-7-11)8-9-15(3,13)14/h4-9H,1-3H3. The molecule has 0 aromatic heterocycles. The normalized spacial score (nSPS) is 11.9. The molecule has 0 bridgehead atoms. The molecule has 0 saturated heterocycles. The minimum absolute atomic E-state index is 0.881. The molecule has 0 N–H and O–H groups in total. The molecule has 0 saturated carbocycles. The number of hydrogen-bond acceptors (Lipinski definition) is 3. The van der Waals surface area contributed by atoms with E-state index in [1.165, 1.54) is 11.7 Å². The van der Waals surface area contributed by atoms with Crippen LogP contribution in [0.5, 0.6) is 0 Å². The van der Waals surface area contributed by atoms with Gasteiger partial charge in [0.1, 0.15) is 0 Å². The predicted octanol–water partition coefficient (Wildman–Crippen LogP) is 1.77. The van der Waals surface area contributed by atoms with Crippen molar-refractivity contribution in [3.8, 4) is 0 Å². The highest BCUT2D eigenvalue weighted by molar-refractivity contribution is 7.93. The minimum atomic E-state index is -3.04. The van der Waals surface area contributed by atoms with Crippen molar-refractivity contribution in [3.05, 3.63) is 35.2 Å². The highest BCUT2D eigenvalue weighted by Gasteiger charge is 1.95. The molecule has 0 unspecified atom stereocenters. The van der Waals surface area contributed by atoms with Crippen LogP contribution in [0, 0.1) is 0 Å². The zero-order valence-electron chi connectivity index (χ0n) is 9.14. The molecule has 0 fully saturated rings. The molecule has 0 atom stereocenters. The molecule has 0 aliphatic carbocycles. The predicted molar refractivity (Wildman–Crippen MR) is 64.6 cm³/mol. The summed E-state index contributed by atoms with van der Waals surface area (Å²) in [7, 11) is 0.880. The third-order valence-corrected chi connectivity index (χ3v) is 2.55. The highest BCUT2D eigenvalue weighted by atomic mass is 32.2. The first-order chi connectivity index (χ1) is 6.88. The Kier molecular flexibility index (Phi) is 3.52. The first-order valence-electron chi connectivity index (χ1n) is 4.54. The molecule has 1 aromatic rings. The summed E-state index contributed by atoms with van der Waals surface area (Å²) in [5, 5.41) is 1.21. The summed E-state index contributed by atoms with van der Waals surface area (Å²) in [5.74, 6) is 0. The van der Waals surface area contributed by atoms with E-state index in [9.17, 15) is 8.42 Å². The lowest BCUT2D eigenvalue weighted by Gasteiger charge is -2.11. The van der Waals surface area contributed by atoms with Gasteiger partial charge in [0, 0.05) is 31.4 Å². The largest absolute Gasteiger partial charge is 0.378 e. The van der Waals surface area contributed by atoms with E-state index in [1.54, 1.807) is 6.08 Å². The van der Waals surface area contributed by atoms with Crippen LogP contribution in [0.3, 0.4) is 0 Å². The van der Waals surface area contributed by atoms with Crippen LogP contribution in [-0.4, -0.2) is 28.8 Å². The van der Waals surface area contributed by atoms with Gasteiger partial charge in [0.15, 0.2) is 9.84 Å². The maximum Gasteiger partial charge on any atom is 0.168 e. The molecule has 0 radical (unpaired) electrons. The van der Waals surface area contributed by atoms with Crippen LogP contribution in [0.1, 0.15) is 5.56 Å². The van der Waals surface area contributed by atoms with Crippen LogP contribution in [0.15, 0.2) is 29.7 Å². The second-order valence-electron chi connectivity index (χ2n) is 3.62. The second kappa shape index (κ2) is 4.49. The SMILES string of the molecule is CN(C)c1ccc(C=CS(C)(=O)=O)cc1. The van der Waals surface area contributed by atoms with E-state index in [1.807, 2.05) is 43.3 Å². The number of benzene rings is 1. The van der Waals surface area contributed by atoms with Gasteiger partial charge in [-0.05, 0) is 23.8 Å². The van der Waals surface area contributed by atoms with Crippen molar-refractivity contribution < 1.29 is 8.42 Å². The topological polar surface area (TPSA) is 37.4 Å². The maximum absolute atomic E-state index is 10.9. The first-order valence-corrected chi connectivity index (χ1v) is 6.49. The molecule has 0 aliphatic heterocycles. The van der Waals surface area contributed by atoms with Crippen molar-refractivity contribution in [2.24, 2.45) is 0 Å². The van der Waals surface area contributed by atoms with Gasteiger partial charge in [0.05, 0.1) is 0 Å². The lowest BCUT2D eigenvalue weighted by atomic mass is 10.2. The Morgan fingerprint density at radius 3 is 2.07 bits per heavy atom. The zero-order chi connectivity index (χ0) is 11.5. The summed E-state index contributed by atoms with van der Waals surface area (Å²) in [6, 6.07) is 7.66. The van der Waals surface area contributed by atoms with Crippen LogP contribution >= 0.6 is 0 Å². The van der Waals surface area contributed by atoms with Gasteiger partial charge in [-0.1, -0.05) is 12.1 Å². The lowest BCUT2D eigenvalue weighted by Crippen LogP contribution is -2.07. The van der Waals surface area contributed by atoms with Gasteiger partial charge in [-0.2, -0.15) is 0 Å². The van der Waals surface area contributed by atoms with E-state index in [-0.39, 0.29) is 0 Å². The molecule has 3 nitrogen and oxygen atoms in total. The Hall–Kier alpha value is -1.29. The molecule has 0 heterocycles. The van der Waals surface area contributed by atoms with Gasteiger partial charge in [0.25, 0.3) is 0 Å². The highest BCUT2D eigenvalue weighted by Crippen LogP contribution is 2.13. The molecule has 82 valence electrons. The summed E-state index contributed by atoms with van der Waals surface area (Å²) >= 11 is 0. The summed E-state index contributed by atoms with van der Waals surface area (Å²) in [5.41, 5.74) is 1.97. The van der Waals surface area contributed by atoms with Gasteiger partial charge >= 0.3 is 0 Å². The van der Waals surface area contributed by atoms with E-state index in [2.05, 4.69) is 0 Å². The van der Waals surface area contributed by atoms with Crippen molar-refractivity contribution in [2.45, 2.75) is 0 Å². The molecule has 0 aliphatic rings. The zero-order valence-corrected chi connectivity index (χ0v) is 9.95. The van der Waals surface area contributed by atoms with Gasteiger partial charge in [0.2, 0.25) is 0 Å². The molecule has 0 amide bonds. The maximum atomic E-state index is 10.9. The lowest BCUT2D eigenvalue weighted by molar-refractivity contribution is 0.610.